The van der Waals surface area contributed by atoms with Gasteiger partial charge in [0.2, 0.25) is 11.8 Å². The number of carbonyl (C=O) groups excluding carboxylic acids is 1. The lowest BCUT2D eigenvalue weighted by Crippen LogP contribution is -2.35. The van der Waals surface area contributed by atoms with Gasteiger partial charge in [-0.1, -0.05) is 0 Å². The lowest BCUT2D eigenvalue weighted by Gasteiger charge is -2.28. The Balaban J connectivity index is 1.73. The number of hydrogen-bond acceptors (Lipinski definition) is 5. The molecule has 0 spiro atoms. The van der Waals surface area contributed by atoms with Crippen LogP contribution in [0.2, 0.25) is 0 Å². The second-order valence-corrected chi connectivity index (χ2v) is 8.59. The molecule has 0 aromatic carbocycles. The molecular formula is C17H20F2N2O4S. The van der Waals surface area contributed by atoms with Gasteiger partial charge in [-0.15, -0.1) is 0 Å². The van der Waals surface area contributed by atoms with Gasteiger partial charge in [-0.25, -0.2) is 22.2 Å². The van der Waals surface area contributed by atoms with Crippen molar-refractivity contribution >= 4 is 15.7 Å². The summed E-state index contributed by atoms with van der Waals surface area (Å²) in [5.74, 6) is -3.29. The fourth-order valence-corrected chi connectivity index (χ4v) is 4.49. The number of nitrogens with zero attached hydrogens (tertiary/aromatic N) is 1. The average molecular weight is 386 g/mol. The van der Waals surface area contributed by atoms with Crippen molar-refractivity contribution in [2.75, 3.05) is 12.9 Å². The molecule has 26 heavy (non-hydrogen) atoms. The molecular weight excluding hydrogens is 366 g/mol. The predicted octanol–water partition coefficient (Wildman–Crippen LogP) is 2.42. The molecule has 3 rings (SSSR count). The van der Waals surface area contributed by atoms with Crippen molar-refractivity contribution in [1.82, 2.24) is 10.3 Å². The molecule has 1 fully saturated rings. The first-order valence-electron chi connectivity index (χ1n) is 8.34. The van der Waals surface area contributed by atoms with E-state index in [4.69, 9.17) is 4.74 Å². The fourth-order valence-electron chi connectivity index (χ4n) is 3.26. The van der Waals surface area contributed by atoms with E-state index in [1.165, 1.54) is 19.3 Å². The smallest absolute Gasteiger partial charge is 0.257 e. The van der Waals surface area contributed by atoms with Crippen LogP contribution in [0.5, 0.6) is 5.88 Å². The van der Waals surface area contributed by atoms with E-state index in [1.807, 2.05) is 0 Å². The van der Waals surface area contributed by atoms with Gasteiger partial charge >= 0.3 is 0 Å². The number of halogens is 2. The molecule has 9 heteroatoms. The maximum atomic E-state index is 13.3. The normalized spacial score (nSPS) is 24.3. The summed E-state index contributed by atoms with van der Waals surface area (Å²) < 4.78 is 54.6. The second kappa shape index (κ2) is 6.94. The molecule has 0 unspecified atom stereocenters. The van der Waals surface area contributed by atoms with E-state index in [-0.39, 0.29) is 36.0 Å². The Morgan fingerprint density at radius 1 is 1.31 bits per heavy atom. The zero-order valence-corrected chi connectivity index (χ0v) is 15.1. The number of ether oxygens (including phenoxy) is 1. The number of methoxy groups -OCH3 is 1. The third-order valence-electron chi connectivity index (χ3n) is 4.70. The standard InChI is InChI=1S/C17H20F2N2O4S/c1-25-16-13(15(22)20-12-6-9-26(23,24)10-12)2-3-14(21-16)11-4-7-17(18,19)8-5-11/h2-3,6,9,11-12H,4-5,7-8,10H2,1H3,(H,20,22)/t12-/m1/s1. The van der Waals surface area contributed by atoms with Crippen molar-refractivity contribution in [3.63, 3.8) is 0 Å². The predicted molar refractivity (Wildman–Crippen MR) is 91.1 cm³/mol. The van der Waals surface area contributed by atoms with Gasteiger partial charge in [-0.3, -0.25) is 4.79 Å². The van der Waals surface area contributed by atoms with Gasteiger partial charge < -0.3 is 10.1 Å². The number of carbonyl (C=O) groups is 1. The van der Waals surface area contributed by atoms with E-state index in [2.05, 4.69) is 10.3 Å². The third-order valence-corrected chi connectivity index (χ3v) is 6.10. The summed E-state index contributed by atoms with van der Waals surface area (Å²) in [6, 6.07) is 2.58. The number of rotatable bonds is 4. The van der Waals surface area contributed by atoms with Crippen molar-refractivity contribution < 1.29 is 26.7 Å². The molecule has 1 N–H and O–H groups in total. The maximum absolute atomic E-state index is 13.3. The molecule has 1 aliphatic heterocycles. The zero-order valence-electron chi connectivity index (χ0n) is 14.2. The highest BCUT2D eigenvalue weighted by Crippen LogP contribution is 2.40. The average Bonchev–Trinajstić information content (AvgIpc) is 2.92. The van der Waals surface area contributed by atoms with E-state index in [9.17, 15) is 22.0 Å². The summed E-state index contributed by atoms with van der Waals surface area (Å²) >= 11 is 0. The molecule has 1 amide bonds. The van der Waals surface area contributed by atoms with Crippen LogP contribution in [-0.2, 0) is 9.84 Å². The van der Waals surface area contributed by atoms with Crippen molar-refractivity contribution in [2.24, 2.45) is 0 Å². The monoisotopic (exact) mass is 386 g/mol. The second-order valence-electron chi connectivity index (χ2n) is 6.66. The van der Waals surface area contributed by atoms with Crippen LogP contribution in [0.15, 0.2) is 23.6 Å². The van der Waals surface area contributed by atoms with Crippen LogP contribution in [0.25, 0.3) is 0 Å². The van der Waals surface area contributed by atoms with Crippen LogP contribution >= 0.6 is 0 Å². The summed E-state index contributed by atoms with van der Waals surface area (Å²) in [5.41, 5.74) is 0.798. The van der Waals surface area contributed by atoms with Gasteiger partial charge in [0.15, 0.2) is 9.84 Å². The highest BCUT2D eigenvalue weighted by atomic mass is 32.2. The Labute approximate surface area is 150 Å². The number of nitrogens with one attached hydrogen (secondary N) is 1. The maximum Gasteiger partial charge on any atom is 0.257 e. The number of sulfone groups is 1. The van der Waals surface area contributed by atoms with E-state index in [0.29, 0.717) is 18.5 Å². The van der Waals surface area contributed by atoms with Crippen LogP contribution in [0, 0.1) is 0 Å². The largest absolute Gasteiger partial charge is 0.480 e. The third kappa shape index (κ3) is 4.20. The molecule has 0 saturated heterocycles. The van der Waals surface area contributed by atoms with Crippen LogP contribution in [0.3, 0.4) is 0 Å². The molecule has 0 bridgehead atoms. The molecule has 1 aromatic heterocycles. The summed E-state index contributed by atoms with van der Waals surface area (Å²) in [6.07, 6.45) is 1.74. The van der Waals surface area contributed by atoms with Crippen molar-refractivity contribution in [3.8, 4) is 5.88 Å². The highest BCUT2D eigenvalue weighted by Gasteiger charge is 2.36. The molecule has 1 aliphatic carbocycles. The molecule has 0 radical (unpaired) electrons. The van der Waals surface area contributed by atoms with Crippen LogP contribution in [-0.4, -0.2) is 44.1 Å². The SMILES string of the molecule is COc1nc(C2CCC(F)(F)CC2)ccc1C(=O)N[C@@H]1C=CS(=O)(=O)C1. The summed E-state index contributed by atoms with van der Waals surface area (Å²) in [5, 5.41) is 3.69. The molecule has 1 atom stereocenters. The minimum atomic E-state index is -3.27. The highest BCUT2D eigenvalue weighted by molar-refractivity contribution is 7.94. The Bertz CT molecular complexity index is 829. The van der Waals surface area contributed by atoms with Crippen molar-refractivity contribution in [2.45, 2.75) is 43.6 Å². The quantitative estimate of drug-likeness (QED) is 0.859. The van der Waals surface area contributed by atoms with Gasteiger partial charge in [0.1, 0.15) is 5.56 Å². The number of alkyl halides is 2. The number of amides is 1. The zero-order chi connectivity index (χ0) is 18.9. The molecule has 2 heterocycles. The van der Waals surface area contributed by atoms with E-state index in [0.717, 1.165) is 5.41 Å². The molecule has 1 saturated carbocycles. The van der Waals surface area contributed by atoms with Crippen LogP contribution in [0.4, 0.5) is 8.78 Å². The van der Waals surface area contributed by atoms with Gasteiger partial charge in [0.05, 0.1) is 18.9 Å². The van der Waals surface area contributed by atoms with Gasteiger partial charge in [0, 0.05) is 29.9 Å². The topological polar surface area (TPSA) is 85.4 Å². The van der Waals surface area contributed by atoms with E-state index in [1.54, 1.807) is 6.07 Å². The number of hydrogen-bond donors (Lipinski definition) is 1. The first-order chi connectivity index (χ1) is 12.2. The van der Waals surface area contributed by atoms with E-state index < -0.39 is 27.7 Å². The Morgan fingerprint density at radius 2 is 2.00 bits per heavy atom. The van der Waals surface area contributed by atoms with Crippen molar-refractivity contribution in [3.05, 3.63) is 34.9 Å². The summed E-state index contributed by atoms with van der Waals surface area (Å²) in [7, 11) is -1.90. The minimum Gasteiger partial charge on any atom is -0.480 e. The van der Waals surface area contributed by atoms with Crippen LogP contribution in [0.1, 0.15) is 47.7 Å². The first kappa shape index (κ1) is 18.8. The fraction of sp³-hybridized carbons (Fsp3) is 0.529. The van der Waals surface area contributed by atoms with Crippen molar-refractivity contribution in [1.29, 1.82) is 0 Å². The summed E-state index contributed by atoms with van der Waals surface area (Å²) in [6.45, 7) is 0. The van der Waals surface area contributed by atoms with Crippen LogP contribution < -0.4 is 10.1 Å². The Morgan fingerprint density at radius 3 is 2.58 bits per heavy atom. The number of pyridine rings is 1. The van der Waals surface area contributed by atoms with Gasteiger partial charge in [-0.2, -0.15) is 0 Å². The summed E-state index contributed by atoms with van der Waals surface area (Å²) in [4.78, 5) is 16.7. The molecule has 6 nitrogen and oxygen atoms in total. The van der Waals surface area contributed by atoms with Gasteiger partial charge in [0.25, 0.3) is 5.91 Å². The Hall–Kier alpha value is -2.03. The molecule has 1 aromatic rings. The minimum absolute atomic E-state index is 0.0939. The molecule has 142 valence electrons. The lowest BCUT2D eigenvalue weighted by molar-refractivity contribution is -0.0385. The van der Waals surface area contributed by atoms with Gasteiger partial charge in [-0.05, 0) is 31.1 Å². The number of aromatic nitrogens is 1. The lowest BCUT2D eigenvalue weighted by atomic mass is 9.84. The molecule has 2 aliphatic rings. The first-order valence-corrected chi connectivity index (χ1v) is 10.1. The Kier molecular flexibility index (Phi) is 5.01. The van der Waals surface area contributed by atoms with E-state index >= 15 is 0 Å².